The number of hydrogen-bond acceptors (Lipinski definition) is 3. The van der Waals surface area contributed by atoms with E-state index in [1.165, 1.54) is 0 Å². The minimum Gasteiger partial charge on any atom is -0.451 e. The Balaban J connectivity index is 2.16. The van der Waals surface area contributed by atoms with Crippen LogP contribution in [-0.2, 0) is 0 Å². The lowest BCUT2D eigenvalue weighted by atomic mass is 10.1. The molecular weight excluding hydrogens is 308 g/mol. The predicted molar refractivity (Wildman–Crippen MR) is 79.3 cm³/mol. The first-order valence-corrected chi connectivity index (χ1v) is 7.09. The summed E-state index contributed by atoms with van der Waals surface area (Å²) < 4.78 is 6.59. The highest BCUT2D eigenvalue weighted by atomic mass is 79.9. The molecule has 0 aliphatic heterocycles. The molecule has 0 spiro atoms. The lowest BCUT2D eigenvalue weighted by molar-refractivity contribution is 0.0926. The van der Waals surface area contributed by atoms with Crippen molar-refractivity contribution in [3.63, 3.8) is 0 Å². The van der Waals surface area contributed by atoms with E-state index in [9.17, 15) is 4.79 Å². The van der Waals surface area contributed by atoms with Crippen molar-refractivity contribution in [3.8, 4) is 0 Å². The van der Waals surface area contributed by atoms with E-state index in [2.05, 4.69) is 21.2 Å². The molecule has 102 valence electrons. The quantitative estimate of drug-likeness (QED) is 0.831. The van der Waals surface area contributed by atoms with Crippen LogP contribution in [0.15, 0.2) is 27.1 Å². The van der Waals surface area contributed by atoms with Gasteiger partial charge in [0, 0.05) is 22.0 Å². The van der Waals surface area contributed by atoms with Crippen LogP contribution in [0.2, 0.25) is 0 Å². The second-order valence-electron chi connectivity index (χ2n) is 4.45. The van der Waals surface area contributed by atoms with Crippen molar-refractivity contribution < 1.29 is 9.21 Å². The Hall–Kier alpha value is -1.33. The van der Waals surface area contributed by atoms with Gasteiger partial charge in [0.2, 0.25) is 0 Å². The number of nitrogens with two attached hydrogens (primary N) is 1. The molecule has 1 amide bonds. The van der Waals surface area contributed by atoms with Crippen molar-refractivity contribution in [3.05, 3.63) is 34.0 Å². The van der Waals surface area contributed by atoms with Crippen LogP contribution in [0.5, 0.6) is 0 Å². The second kappa shape index (κ2) is 6.21. The van der Waals surface area contributed by atoms with Gasteiger partial charge >= 0.3 is 0 Å². The maximum atomic E-state index is 12.0. The minimum atomic E-state index is -0.165. The van der Waals surface area contributed by atoms with E-state index in [1.54, 1.807) is 0 Å². The van der Waals surface area contributed by atoms with Gasteiger partial charge in [-0.2, -0.15) is 0 Å². The standard InChI is InChI=1S/C14H17BrN2O2/c1-9-11-8-10(15)4-5-12(11)19-13(9)14(18)17-7-3-2-6-16/h4-5,8H,2-3,6-7,16H2,1H3,(H,17,18). The number of fused-ring (bicyclic) bond motifs is 1. The van der Waals surface area contributed by atoms with Crippen LogP contribution in [-0.4, -0.2) is 19.0 Å². The van der Waals surface area contributed by atoms with Crippen molar-refractivity contribution in [2.24, 2.45) is 5.73 Å². The Bertz CT molecular complexity index is 592. The molecule has 5 heteroatoms. The first kappa shape index (κ1) is 14.1. The number of amides is 1. The molecule has 19 heavy (non-hydrogen) atoms. The van der Waals surface area contributed by atoms with E-state index < -0.39 is 0 Å². The maximum absolute atomic E-state index is 12.0. The molecule has 0 aliphatic carbocycles. The molecule has 1 aromatic heterocycles. The molecule has 0 saturated carbocycles. The van der Waals surface area contributed by atoms with Crippen LogP contribution in [0.3, 0.4) is 0 Å². The SMILES string of the molecule is Cc1c(C(=O)NCCCCN)oc2ccc(Br)cc12. The fourth-order valence-corrected chi connectivity index (χ4v) is 2.32. The van der Waals surface area contributed by atoms with Crippen LogP contribution < -0.4 is 11.1 Å². The van der Waals surface area contributed by atoms with E-state index >= 15 is 0 Å². The predicted octanol–water partition coefficient (Wildman–Crippen LogP) is 2.97. The molecule has 0 unspecified atom stereocenters. The van der Waals surface area contributed by atoms with Gasteiger partial charge in [-0.1, -0.05) is 15.9 Å². The van der Waals surface area contributed by atoms with Crippen molar-refractivity contribution in [1.82, 2.24) is 5.32 Å². The van der Waals surface area contributed by atoms with E-state index in [0.717, 1.165) is 33.8 Å². The summed E-state index contributed by atoms with van der Waals surface area (Å²) in [6, 6.07) is 5.71. The zero-order valence-electron chi connectivity index (χ0n) is 10.8. The first-order valence-electron chi connectivity index (χ1n) is 6.30. The zero-order valence-corrected chi connectivity index (χ0v) is 12.4. The van der Waals surface area contributed by atoms with Crippen LogP contribution in [0, 0.1) is 6.92 Å². The number of carbonyl (C=O) groups is 1. The van der Waals surface area contributed by atoms with Gasteiger partial charge in [-0.25, -0.2) is 0 Å². The topological polar surface area (TPSA) is 68.3 Å². The molecule has 4 nitrogen and oxygen atoms in total. The monoisotopic (exact) mass is 324 g/mol. The highest BCUT2D eigenvalue weighted by molar-refractivity contribution is 9.10. The summed E-state index contributed by atoms with van der Waals surface area (Å²) >= 11 is 3.42. The lowest BCUT2D eigenvalue weighted by Gasteiger charge is -2.02. The summed E-state index contributed by atoms with van der Waals surface area (Å²) in [5.41, 5.74) is 7.01. The number of aryl methyl sites for hydroxylation is 1. The molecule has 0 fully saturated rings. The van der Waals surface area contributed by atoms with Crippen molar-refractivity contribution in [1.29, 1.82) is 0 Å². The normalized spacial score (nSPS) is 10.9. The molecular formula is C14H17BrN2O2. The van der Waals surface area contributed by atoms with Crippen LogP contribution >= 0.6 is 15.9 Å². The third-order valence-corrected chi connectivity index (χ3v) is 3.51. The number of nitrogens with one attached hydrogen (secondary N) is 1. The number of furan rings is 1. The van der Waals surface area contributed by atoms with Crippen molar-refractivity contribution in [2.45, 2.75) is 19.8 Å². The molecule has 2 aromatic rings. The van der Waals surface area contributed by atoms with Gasteiger partial charge in [-0.05, 0) is 44.5 Å². The Labute approximate surface area is 120 Å². The fraction of sp³-hybridized carbons (Fsp3) is 0.357. The number of halogens is 1. The van der Waals surface area contributed by atoms with Crippen LogP contribution in [0.25, 0.3) is 11.0 Å². The van der Waals surface area contributed by atoms with Crippen molar-refractivity contribution >= 4 is 32.8 Å². The first-order chi connectivity index (χ1) is 9.13. The highest BCUT2D eigenvalue weighted by Gasteiger charge is 2.17. The smallest absolute Gasteiger partial charge is 0.287 e. The molecule has 1 aromatic carbocycles. The molecule has 0 atom stereocenters. The molecule has 1 heterocycles. The van der Waals surface area contributed by atoms with Crippen molar-refractivity contribution in [2.75, 3.05) is 13.1 Å². The third-order valence-electron chi connectivity index (χ3n) is 3.02. The lowest BCUT2D eigenvalue weighted by Crippen LogP contribution is -2.25. The molecule has 0 aliphatic rings. The summed E-state index contributed by atoms with van der Waals surface area (Å²) in [7, 11) is 0. The number of benzene rings is 1. The number of rotatable bonds is 5. The average Bonchev–Trinajstić information content (AvgIpc) is 2.72. The van der Waals surface area contributed by atoms with Gasteiger partial charge < -0.3 is 15.5 Å². The Morgan fingerprint density at radius 2 is 2.21 bits per heavy atom. The number of hydrogen-bond donors (Lipinski definition) is 2. The number of unbranched alkanes of at least 4 members (excludes halogenated alkanes) is 1. The summed E-state index contributed by atoms with van der Waals surface area (Å²) in [5.74, 6) is 0.225. The minimum absolute atomic E-state index is 0.165. The largest absolute Gasteiger partial charge is 0.451 e. The van der Waals surface area contributed by atoms with Crippen LogP contribution in [0.4, 0.5) is 0 Å². The number of carbonyl (C=O) groups excluding carboxylic acids is 1. The van der Waals surface area contributed by atoms with E-state index in [-0.39, 0.29) is 5.91 Å². The molecule has 0 bridgehead atoms. The zero-order chi connectivity index (χ0) is 13.8. The Morgan fingerprint density at radius 1 is 1.42 bits per heavy atom. The van der Waals surface area contributed by atoms with E-state index in [0.29, 0.717) is 18.8 Å². The maximum Gasteiger partial charge on any atom is 0.287 e. The summed E-state index contributed by atoms with van der Waals surface area (Å²) in [6.07, 6.45) is 1.79. The van der Waals surface area contributed by atoms with Gasteiger partial charge in [0.1, 0.15) is 5.58 Å². The molecule has 2 rings (SSSR count). The Kier molecular flexibility index (Phi) is 4.61. The average molecular weight is 325 g/mol. The molecule has 0 radical (unpaired) electrons. The van der Waals surface area contributed by atoms with Gasteiger partial charge in [0.25, 0.3) is 5.91 Å². The fourth-order valence-electron chi connectivity index (χ4n) is 1.96. The highest BCUT2D eigenvalue weighted by Crippen LogP contribution is 2.27. The molecule has 3 N–H and O–H groups in total. The molecule has 0 saturated heterocycles. The van der Waals surface area contributed by atoms with Gasteiger partial charge in [0.05, 0.1) is 0 Å². The van der Waals surface area contributed by atoms with E-state index in [1.807, 2.05) is 25.1 Å². The summed E-state index contributed by atoms with van der Waals surface area (Å²) in [6.45, 7) is 3.16. The van der Waals surface area contributed by atoms with Gasteiger partial charge in [0.15, 0.2) is 5.76 Å². The van der Waals surface area contributed by atoms with E-state index in [4.69, 9.17) is 10.2 Å². The third kappa shape index (κ3) is 3.16. The van der Waals surface area contributed by atoms with Gasteiger partial charge in [-0.3, -0.25) is 4.79 Å². The van der Waals surface area contributed by atoms with Crippen LogP contribution in [0.1, 0.15) is 29.0 Å². The van der Waals surface area contributed by atoms with Gasteiger partial charge in [-0.15, -0.1) is 0 Å². The Morgan fingerprint density at radius 3 is 2.95 bits per heavy atom. The summed E-state index contributed by atoms with van der Waals surface area (Å²) in [5, 5.41) is 3.81. The summed E-state index contributed by atoms with van der Waals surface area (Å²) in [4.78, 5) is 12.0. The second-order valence-corrected chi connectivity index (χ2v) is 5.36.